The highest BCUT2D eigenvalue weighted by Crippen LogP contribution is 2.38. The molecule has 0 aliphatic heterocycles. The second kappa shape index (κ2) is 6.49. The van der Waals surface area contributed by atoms with Gasteiger partial charge >= 0.3 is 0 Å². The summed E-state index contributed by atoms with van der Waals surface area (Å²) in [6, 6.07) is 9.45. The molecule has 0 spiro atoms. The average molecular weight is 290 g/mol. The van der Waals surface area contributed by atoms with Gasteiger partial charge in [0.2, 0.25) is 0 Å². The third-order valence-corrected chi connectivity index (χ3v) is 5.25. The molecule has 0 heterocycles. The van der Waals surface area contributed by atoms with Crippen molar-refractivity contribution in [2.75, 3.05) is 0 Å². The number of Topliss-reactive ketones (excluding diaryl/α,β-unsaturated/α-hetero) is 1. The fourth-order valence-corrected chi connectivity index (χ4v) is 3.72. The molecule has 1 aliphatic rings. The molecule has 0 bridgehead atoms. The molecule has 0 saturated heterocycles. The smallest absolute Gasteiger partial charge is 0.133 e. The lowest BCUT2D eigenvalue weighted by Crippen LogP contribution is -2.27. The number of allylic oxidation sites excluding steroid dienone is 1. The molecule has 1 aromatic rings. The van der Waals surface area contributed by atoms with Crippen LogP contribution < -0.4 is 0 Å². The van der Waals surface area contributed by atoms with Gasteiger partial charge in [0.05, 0.1) is 10.8 Å². The van der Waals surface area contributed by atoms with E-state index in [2.05, 4.69) is 13.8 Å². The van der Waals surface area contributed by atoms with Crippen molar-refractivity contribution in [3.8, 4) is 0 Å². The summed E-state index contributed by atoms with van der Waals surface area (Å²) in [5.41, 5.74) is -0.0828. The minimum absolute atomic E-state index is 0.0828. The van der Waals surface area contributed by atoms with Gasteiger partial charge < -0.3 is 0 Å². The van der Waals surface area contributed by atoms with Crippen molar-refractivity contribution < 1.29 is 9.00 Å². The van der Waals surface area contributed by atoms with E-state index in [-0.39, 0.29) is 5.41 Å². The van der Waals surface area contributed by atoms with Crippen molar-refractivity contribution in [2.45, 2.75) is 44.4 Å². The normalized spacial score (nSPS) is 22.1. The van der Waals surface area contributed by atoms with Crippen molar-refractivity contribution >= 4 is 16.6 Å². The Morgan fingerprint density at radius 2 is 1.95 bits per heavy atom. The maximum atomic E-state index is 12.2. The van der Waals surface area contributed by atoms with Gasteiger partial charge in [0.15, 0.2) is 0 Å². The van der Waals surface area contributed by atoms with E-state index >= 15 is 0 Å². The summed E-state index contributed by atoms with van der Waals surface area (Å²) in [4.78, 5) is 12.4. The Balaban J connectivity index is 2.05. The SMILES string of the molecule is CC(C)(/C=C/S(=O)c1ccccc1)C1CCCC(=O)C1. The maximum Gasteiger partial charge on any atom is 0.133 e. The molecular formula is C17H22O2S. The fourth-order valence-electron chi connectivity index (χ4n) is 2.67. The van der Waals surface area contributed by atoms with Crippen molar-refractivity contribution in [2.24, 2.45) is 11.3 Å². The molecule has 3 heteroatoms. The van der Waals surface area contributed by atoms with Crippen LogP contribution in [0.3, 0.4) is 0 Å². The molecule has 2 rings (SSSR count). The monoisotopic (exact) mass is 290 g/mol. The van der Waals surface area contributed by atoms with Gasteiger partial charge in [0, 0.05) is 23.1 Å². The lowest BCUT2D eigenvalue weighted by atomic mass is 9.71. The van der Waals surface area contributed by atoms with Crippen LogP contribution in [0.1, 0.15) is 39.5 Å². The van der Waals surface area contributed by atoms with Crippen molar-refractivity contribution in [3.63, 3.8) is 0 Å². The van der Waals surface area contributed by atoms with E-state index in [1.807, 2.05) is 36.4 Å². The van der Waals surface area contributed by atoms with Crippen molar-refractivity contribution in [1.29, 1.82) is 0 Å². The van der Waals surface area contributed by atoms with Gasteiger partial charge in [0.1, 0.15) is 5.78 Å². The maximum absolute atomic E-state index is 12.2. The lowest BCUT2D eigenvalue weighted by Gasteiger charge is -2.34. The Labute approximate surface area is 123 Å². The molecule has 2 nitrogen and oxygen atoms in total. The predicted octanol–water partition coefficient (Wildman–Crippen LogP) is 4.09. The number of hydrogen-bond donors (Lipinski definition) is 0. The minimum Gasteiger partial charge on any atom is -0.300 e. The third kappa shape index (κ3) is 3.89. The molecule has 0 radical (unpaired) electrons. The van der Waals surface area contributed by atoms with Crippen LogP contribution in [-0.4, -0.2) is 9.99 Å². The van der Waals surface area contributed by atoms with Gasteiger partial charge in [0.25, 0.3) is 0 Å². The number of rotatable bonds is 4. The molecule has 0 aromatic heterocycles. The van der Waals surface area contributed by atoms with E-state index in [1.165, 1.54) is 0 Å². The Bertz CT molecular complexity index is 517. The summed E-state index contributed by atoms with van der Waals surface area (Å²) in [6.07, 6.45) is 5.49. The first kappa shape index (κ1) is 15.2. The Hall–Kier alpha value is -1.22. The van der Waals surface area contributed by atoms with Crippen LogP contribution in [0.5, 0.6) is 0 Å². The van der Waals surface area contributed by atoms with Gasteiger partial charge in [-0.1, -0.05) is 38.1 Å². The lowest BCUT2D eigenvalue weighted by molar-refractivity contribution is -0.122. The number of benzene rings is 1. The first-order chi connectivity index (χ1) is 9.49. The highest BCUT2D eigenvalue weighted by atomic mass is 32.2. The molecule has 2 atom stereocenters. The average Bonchev–Trinajstić information content (AvgIpc) is 2.46. The highest BCUT2D eigenvalue weighted by Gasteiger charge is 2.31. The first-order valence-electron chi connectivity index (χ1n) is 7.16. The highest BCUT2D eigenvalue weighted by molar-refractivity contribution is 7.88. The number of hydrogen-bond acceptors (Lipinski definition) is 2. The number of carbonyl (C=O) groups is 1. The predicted molar refractivity (Wildman–Crippen MR) is 82.7 cm³/mol. The quantitative estimate of drug-likeness (QED) is 0.837. The molecule has 0 amide bonds. The molecule has 20 heavy (non-hydrogen) atoms. The Morgan fingerprint density at radius 3 is 2.60 bits per heavy atom. The molecule has 1 aromatic carbocycles. The molecule has 1 saturated carbocycles. The first-order valence-corrected chi connectivity index (χ1v) is 8.37. The van der Waals surface area contributed by atoms with Gasteiger partial charge in [-0.15, -0.1) is 0 Å². The molecule has 1 aliphatic carbocycles. The van der Waals surface area contributed by atoms with E-state index in [0.717, 1.165) is 24.2 Å². The summed E-state index contributed by atoms with van der Waals surface area (Å²) in [5, 5.41) is 1.77. The van der Waals surface area contributed by atoms with Crippen LogP contribution >= 0.6 is 0 Å². The Kier molecular flexibility index (Phi) is 4.92. The second-order valence-corrected chi connectivity index (χ2v) is 7.40. The number of carbonyl (C=O) groups excluding carboxylic acids is 1. The molecule has 2 unspecified atom stereocenters. The number of ketones is 1. The third-order valence-electron chi connectivity index (χ3n) is 4.13. The minimum atomic E-state index is -1.11. The van der Waals surface area contributed by atoms with Crippen LogP contribution in [0.4, 0.5) is 0 Å². The standard InChI is InChI=1S/C17H22O2S/c1-17(2,14-7-6-8-15(18)13-14)11-12-20(19)16-9-4-3-5-10-16/h3-5,9-12,14H,6-8,13H2,1-2H3/b12-11+. The van der Waals surface area contributed by atoms with Crippen LogP contribution in [0.15, 0.2) is 46.7 Å². The zero-order valence-corrected chi connectivity index (χ0v) is 13.0. The molecule has 0 N–H and O–H groups in total. The second-order valence-electron chi connectivity index (χ2n) is 6.07. The van der Waals surface area contributed by atoms with Crippen LogP contribution in [0.25, 0.3) is 0 Å². The topological polar surface area (TPSA) is 34.1 Å². The van der Waals surface area contributed by atoms with Crippen molar-refractivity contribution in [1.82, 2.24) is 0 Å². The summed E-state index contributed by atoms with van der Waals surface area (Å²) in [5.74, 6) is 0.736. The van der Waals surface area contributed by atoms with Crippen LogP contribution in [-0.2, 0) is 15.6 Å². The largest absolute Gasteiger partial charge is 0.300 e. The van der Waals surface area contributed by atoms with Crippen LogP contribution in [0, 0.1) is 11.3 Å². The van der Waals surface area contributed by atoms with E-state index in [1.54, 1.807) is 5.41 Å². The van der Waals surface area contributed by atoms with E-state index in [4.69, 9.17) is 0 Å². The summed E-state index contributed by atoms with van der Waals surface area (Å²) in [7, 11) is -1.11. The molecule has 108 valence electrons. The van der Waals surface area contributed by atoms with Gasteiger partial charge in [-0.3, -0.25) is 4.79 Å². The van der Waals surface area contributed by atoms with Gasteiger partial charge in [-0.2, -0.15) is 0 Å². The molecule has 1 fully saturated rings. The van der Waals surface area contributed by atoms with Gasteiger partial charge in [-0.25, -0.2) is 4.21 Å². The fraction of sp³-hybridized carbons (Fsp3) is 0.471. The van der Waals surface area contributed by atoms with E-state index in [9.17, 15) is 9.00 Å². The van der Waals surface area contributed by atoms with Crippen LogP contribution in [0.2, 0.25) is 0 Å². The van der Waals surface area contributed by atoms with E-state index in [0.29, 0.717) is 18.1 Å². The summed E-state index contributed by atoms with van der Waals surface area (Å²) >= 11 is 0. The van der Waals surface area contributed by atoms with Gasteiger partial charge in [-0.05, 0) is 36.3 Å². The Morgan fingerprint density at radius 1 is 1.25 bits per heavy atom. The molecular weight excluding hydrogens is 268 g/mol. The summed E-state index contributed by atoms with van der Waals surface area (Å²) in [6.45, 7) is 4.27. The zero-order chi connectivity index (χ0) is 14.6. The summed E-state index contributed by atoms with van der Waals surface area (Å²) < 4.78 is 12.2. The van der Waals surface area contributed by atoms with E-state index < -0.39 is 10.8 Å². The van der Waals surface area contributed by atoms with Crippen molar-refractivity contribution in [3.05, 3.63) is 41.8 Å². The zero-order valence-electron chi connectivity index (χ0n) is 12.2.